The van der Waals surface area contributed by atoms with Crippen molar-refractivity contribution in [1.29, 1.82) is 0 Å². The van der Waals surface area contributed by atoms with Gasteiger partial charge in [-0.05, 0) is 55.2 Å². The van der Waals surface area contributed by atoms with Gasteiger partial charge in [0.1, 0.15) is 5.82 Å². The Balaban J connectivity index is 1.55. The minimum Gasteiger partial charge on any atom is -0.322 e. The molecule has 2 aromatic rings. The van der Waals surface area contributed by atoms with Crippen molar-refractivity contribution >= 4 is 34.8 Å². The second kappa shape index (κ2) is 6.15. The summed E-state index contributed by atoms with van der Waals surface area (Å²) in [5.41, 5.74) is 2.30. The fourth-order valence-electron chi connectivity index (χ4n) is 3.17. The molecule has 6 heteroatoms. The van der Waals surface area contributed by atoms with Crippen LogP contribution in [0.25, 0.3) is 0 Å². The molecule has 0 saturated heterocycles. The molecule has 4 rings (SSSR count). The van der Waals surface area contributed by atoms with Gasteiger partial charge in [-0.15, -0.1) is 0 Å². The summed E-state index contributed by atoms with van der Waals surface area (Å²) in [4.78, 5) is 26.4. The maximum absolute atomic E-state index is 13.9. The molecule has 1 fully saturated rings. The number of fused-ring (bicyclic) bond motifs is 1. The van der Waals surface area contributed by atoms with Gasteiger partial charge in [0.2, 0.25) is 5.91 Å². The van der Waals surface area contributed by atoms with Crippen molar-refractivity contribution < 1.29 is 14.0 Å². The summed E-state index contributed by atoms with van der Waals surface area (Å²) in [7, 11) is 0. The lowest BCUT2D eigenvalue weighted by Gasteiger charge is -2.17. The van der Waals surface area contributed by atoms with Crippen LogP contribution in [0.2, 0.25) is 5.02 Å². The normalized spacial score (nSPS) is 15.8. The van der Waals surface area contributed by atoms with Gasteiger partial charge in [-0.3, -0.25) is 9.59 Å². The van der Waals surface area contributed by atoms with Crippen molar-refractivity contribution in [3.63, 3.8) is 0 Å². The van der Waals surface area contributed by atoms with Gasteiger partial charge >= 0.3 is 0 Å². The van der Waals surface area contributed by atoms with Crippen molar-refractivity contribution in [3.05, 3.63) is 58.4 Å². The van der Waals surface area contributed by atoms with Crippen LogP contribution in [0.1, 0.15) is 28.8 Å². The van der Waals surface area contributed by atoms with Crippen molar-refractivity contribution in [1.82, 2.24) is 0 Å². The molecular formula is C19H16ClFN2O2. The Morgan fingerprint density at radius 3 is 2.72 bits per heavy atom. The molecule has 1 heterocycles. The number of nitrogens with one attached hydrogen (secondary N) is 1. The largest absolute Gasteiger partial charge is 0.322 e. The van der Waals surface area contributed by atoms with Crippen LogP contribution in [0.15, 0.2) is 36.4 Å². The third-order valence-electron chi connectivity index (χ3n) is 4.62. The second-order valence-corrected chi connectivity index (χ2v) is 6.82. The molecule has 128 valence electrons. The molecule has 0 bridgehead atoms. The molecule has 2 aromatic carbocycles. The van der Waals surface area contributed by atoms with Crippen molar-refractivity contribution in [3.8, 4) is 0 Å². The number of carbonyl (C=O) groups excluding carboxylic acids is 2. The van der Waals surface area contributed by atoms with E-state index in [4.69, 9.17) is 11.6 Å². The van der Waals surface area contributed by atoms with Crippen LogP contribution in [-0.4, -0.2) is 18.4 Å². The fourth-order valence-corrected chi connectivity index (χ4v) is 3.42. The third-order valence-corrected chi connectivity index (χ3v) is 4.93. The maximum Gasteiger partial charge on any atom is 0.260 e. The van der Waals surface area contributed by atoms with Crippen LogP contribution in [0.4, 0.5) is 15.8 Å². The van der Waals surface area contributed by atoms with E-state index in [2.05, 4.69) is 5.32 Å². The molecular weight excluding hydrogens is 343 g/mol. The number of anilines is 2. The highest BCUT2D eigenvalue weighted by atomic mass is 35.5. The lowest BCUT2D eigenvalue weighted by Crippen LogP contribution is -2.30. The summed E-state index contributed by atoms with van der Waals surface area (Å²) in [5, 5.41) is 2.75. The summed E-state index contributed by atoms with van der Waals surface area (Å²) < 4.78 is 13.9. The van der Waals surface area contributed by atoms with Crippen LogP contribution in [0.5, 0.6) is 0 Å². The first-order valence-electron chi connectivity index (χ1n) is 8.24. The maximum atomic E-state index is 13.9. The molecule has 2 amide bonds. The Kier molecular flexibility index (Phi) is 3.96. The molecule has 2 aliphatic rings. The van der Waals surface area contributed by atoms with Gasteiger partial charge < -0.3 is 10.2 Å². The highest BCUT2D eigenvalue weighted by Gasteiger charge is 2.36. The molecule has 1 aliphatic heterocycles. The average Bonchev–Trinajstić information content (AvgIpc) is 3.34. The third kappa shape index (κ3) is 3.00. The Labute approximate surface area is 149 Å². The number of nitrogens with zero attached hydrogens (tertiary/aromatic N) is 1. The average molecular weight is 359 g/mol. The predicted octanol–water partition coefficient (Wildman–Crippen LogP) is 4.03. The number of amides is 2. The van der Waals surface area contributed by atoms with Crippen molar-refractivity contribution in [2.45, 2.75) is 19.3 Å². The SMILES string of the molecule is O=C(Nc1ccc2c(c1)CCN2C(=O)C1CC1)c1c(F)cccc1Cl. The first kappa shape index (κ1) is 16.1. The van der Waals surface area contributed by atoms with Crippen LogP contribution in [0, 0.1) is 11.7 Å². The molecule has 1 saturated carbocycles. The summed E-state index contributed by atoms with van der Waals surface area (Å²) in [6.07, 6.45) is 2.70. The van der Waals surface area contributed by atoms with E-state index < -0.39 is 11.7 Å². The van der Waals surface area contributed by atoms with Gasteiger partial charge in [0.05, 0.1) is 10.6 Å². The van der Waals surface area contributed by atoms with Crippen LogP contribution in [0.3, 0.4) is 0 Å². The van der Waals surface area contributed by atoms with Gasteiger partial charge in [-0.2, -0.15) is 0 Å². The van der Waals surface area contributed by atoms with Crippen molar-refractivity contribution in [2.75, 3.05) is 16.8 Å². The number of halogens is 2. The minimum atomic E-state index is -0.660. The molecule has 0 unspecified atom stereocenters. The fraction of sp³-hybridized carbons (Fsp3) is 0.263. The Morgan fingerprint density at radius 2 is 2.00 bits per heavy atom. The lowest BCUT2D eigenvalue weighted by molar-refractivity contribution is -0.119. The van der Waals surface area contributed by atoms with Gasteiger partial charge in [0.25, 0.3) is 5.91 Å². The molecule has 1 N–H and O–H groups in total. The summed E-state index contributed by atoms with van der Waals surface area (Å²) >= 11 is 5.93. The molecule has 0 atom stereocenters. The van der Waals surface area contributed by atoms with E-state index in [0.717, 1.165) is 30.5 Å². The van der Waals surface area contributed by atoms with E-state index in [9.17, 15) is 14.0 Å². The van der Waals surface area contributed by atoms with Crippen molar-refractivity contribution in [2.24, 2.45) is 5.92 Å². The number of benzene rings is 2. The number of carbonyl (C=O) groups is 2. The highest BCUT2D eigenvalue weighted by Crippen LogP contribution is 2.37. The zero-order valence-corrected chi connectivity index (χ0v) is 14.1. The highest BCUT2D eigenvalue weighted by molar-refractivity contribution is 6.34. The summed E-state index contributed by atoms with van der Waals surface area (Å²) in [5.74, 6) is -0.887. The zero-order valence-electron chi connectivity index (χ0n) is 13.4. The molecule has 0 aromatic heterocycles. The molecule has 25 heavy (non-hydrogen) atoms. The van der Waals surface area contributed by atoms with Crippen LogP contribution < -0.4 is 10.2 Å². The summed E-state index contributed by atoms with van der Waals surface area (Å²) in [6.45, 7) is 0.668. The zero-order chi connectivity index (χ0) is 17.6. The van der Waals surface area contributed by atoms with E-state index >= 15 is 0 Å². The van der Waals surface area contributed by atoms with E-state index in [0.29, 0.717) is 12.2 Å². The molecule has 4 nitrogen and oxygen atoms in total. The minimum absolute atomic E-state index is 0.0693. The Hall–Kier alpha value is -2.40. The summed E-state index contributed by atoms with van der Waals surface area (Å²) in [6, 6.07) is 9.52. The van der Waals surface area contributed by atoms with Crippen LogP contribution in [-0.2, 0) is 11.2 Å². The first-order chi connectivity index (χ1) is 12.0. The van der Waals surface area contributed by atoms with Gasteiger partial charge in [-0.25, -0.2) is 4.39 Å². The second-order valence-electron chi connectivity index (χ2n) is 6.41. The first-order valence-corrected chi connectivity index (χ1v) is 8.62. The van der Waals surface area contributed by atoms with E-state index in [1.807, 2.05) is 17.0 Å². The quantitative estimate of drug-likeness (QED) is 0.900. The molecule has 1 aliphatic carbocycles. The number of hydrogen-bond acceptors (Lipinski definition) is 2. The van der Waals surface area contributed by atoms with E-state index in [-0.39, 0.29) is 22.4 Å². The Bertz CT molecular complexity index is 859. The van der Waals surface area contributed by atoms with Gasteiger partial charge in [0, 0.05) is 23.8 Å². The van der Waals surface area contributed by atoms with E-state index in [1.165, 1.54) is 18.2 Å². The smallest absolute Gasteiger partial charge is 0.260 e. The monoisotopic (exact) mass is 358 g/mol. The number of rotatable bonds is 3. The van der Waals surface area contributed by atoms with E-state index in [1.54, 1.807) is 6.07 Å². The predicted molar refractivity (Wildman–Crippen MR) is 94.6 cm³/mol. The Morgan fingerprint density at radius 1 is 1.20 bits per heavy atom. The van der Waals surface area contributed by atoms with Gasteiger partial charge in [0.15, 0.2) is 0 Å². The lowest BCUT2D eigenvalue weighted by atomic mass is 10.1. The molecule has 0 spiro atoms. The standard InChI is InChI=1S/C19H16ClFN2O2/c20-14-2-1-3-15(21)17(14)18(24)22-13-6-7-16-12(10-13)8-9-23(16)19(25)11-4-5-11/h1-3,6-7,10-11H,4-5,8-9H2,(H,22,24). The topological polar surface area (TPSA) is 49.4 Å². The van der Waals surface area contributed by atoms with Gasteiger partial charge in [-0.1, -0.05) is 17.7 Å². The molecule has 0 radical (unpaired) electrons. The number of hydrogen-bond donors (Lipinski definition) is 1. The van der Waals surface area contributed by atoms with Crippen LogP contribution >= 0.6 is 11.6 Å².